The van der Waals surface area contributed by atoms with Crippen LogP contribution in [0.25, 0.3) is 0 Å². The maximum atomic E-state index is 11.9. The van der Waals surface area contributed by atoms with Crippen molar-refractivity contribution in [3.05, 3.63) is 35.9 Å². The van der Waals surface area contributed by atoms with Gasteiger partial charge in [0.05, 0.1) is 6.54 Å². The van der Waals surface area contributed by atoms with Gasteiger partial charge in [0.1, 0.15) is 10.0 Å². The van der Waals surface area contributed by atoms with Crippen molar-refractivity contribution in [2.24, 2.45) is 0 Å². The smallest absolute Gasteiger partial charge is 0.326 e. The van der Waals surface area contributed by atoms with Crippen LogP contribution in [0.2, 0.25) is 0 Å². The molecule has 90 valence electrons. The summed E-state index contributed by atoms with van der Waals surface area (Å²) in [6, 6.07) is 11.8. The fraction of sp³-hybridized carbons (Fsp3) is 0.308. The van der Waals surface area contributed by atoms with Crippen molar-refractivity contribution in [2.75, 3.05) is 13.2 Å². The number of esters is 1. The molecule has 1 atom stereocenters. The number of carbonyl (C=O) groups is 1. The van der Waals surface area contributed by atoms with Crippen molar-refractivity contribution in [1.29, 1.82) is 0 Å². The maximum Gasteiger partial charge on any atom is 0.326 e. The number of alkyl halides is 1. The quantitative estimate of drug-likeness (QED) is 0.222. The molecule has 0 spiro atoms. The summed E-state index contributed by atoms with van der Waals surface area (Å²) >= 11 is 2.09. The number of nitrogens with one attached hydrogen (secondary N) is 1. The topological polar surface area (TPSA) is 38.3 Å². The van der Waals surface area contributed by atoms with E-state index < -0.39 is 3.42 Å². The Kier molecular flexibility index (Phi) is 5.29. The Balaban J connectivity index is 2.59. The minimum Gasteiger partial charge on any atom is -0.463 e. The van der Waals surface area contributed by atoms with E-state index in [0.29, 0.717) is 6.54 Å². The number of rotatable bonds is 5. The molecular weight excluding hydrogens is 329 g/mol. The van der Waals surface area contributed by atoms with Crippen molar-refractivity contribution >= 4 is 28.6 Å². The molecule has 0 saturated heterocycles. The van der Waals surface area contributed by atoms with Gasteiger partial charge >= 0.3 is 5.97 Å². The van der Waals surface area contributed by atoms with E-state index in [-0.39, 0.29) is 12.6 Å². The van der Waals surface area contributed by atoms with Gasteiger partial charge in [-0.25, -0.2) is 0 Å². The lowest BCUT2D eigenvalue weighted by Gasteiger charge is -2.21. The van der Waals surface area contributed by atoms with E-state index in [0.717, 1.165) is 5.56 Å². The highest BCUT2D eigenvalue weighted by atomic mass is 127. The average molecular weight is 343 g/mol. The van der Waals surface area contributed by atoms with Gasteiger partial charge in [-0.3, -0.25) is 4.79 Å². The van der Waals surface area contributed by atoms with Crippen molar-refractivity contribution in [3.63, 3.8) is 0 Å². The van der Waals surface area contributed by atoms with Crippen LogP contribution in [-0.2, 0) is 13.0 Å². The zero-order chi connectivity index (χ0) is 12.7. The van der Waals surface area contributed by atoms with Crippen LogP contribution in [-0.4, -0.2) is 19.1 Å². The van der Waals surface area contributed by atoms with Crippen molar-refractivity contribution in [2.45, 2.75) is 10.3 Å². The minimum atomic E-state index is -0.671. The van der Waals surface area contributed by atoms with E-state index >= 15 is 0 Å². The van der Waals surface area contributed by atoms with Gasteiger partial charge in [-0.05, 0) is 12.5 Å². The van der Waals surface area contributed by atoms with Gasteiger partial charge in [0.25, 0.3) is 0 Å². The van der Waals surface area contributed by atoms with Gasteiger partial charge < -0.3 is 10.1 Å². The Morgan fingerprint density at radius 1 is 1.53 bits per heavy atom. The van der Waals surface area contributed by atoms with Gasteiger partial charge in [-0.1, -0.05) is 59.3 Å². The first kappa shape index (κ1) is 13.8. The van der Waals surface area contributed by atoms with E-state index in [2.05, 4.69) is 34.0 Å². The van der Waals surface area contributed by atoms with Gasteiger partial charge in [0, 0.05) is 6.04 Å². The summed E-state index contributed by atoms with van der Waals surface area (Å²) < 4.78 is 4.49. The number of carbonyl (C=O) groups excluding carboxylic acids is 1. The molecule has 17 heavy (non-hydrogen) atoms. The monoisotopic (exact) mass is 343 g/mol. The molecule has 0 aliphatic carbocycles. The fourth-order valence-corrected chi connectivity index (χ4v) is 1.79. The second kappa shape index (κ2) is 6.50. The Morgan fingerprint density at radius 2 is 2.18 bits per heavy atom. The first-order valence-electron chi connectivity index (χ1n) is 5.19. The molecule has 0 aliphatic heterocycles. The molecule has 0 aliphatic rings. The Bertz CT molecular complexity index is 409. The number of halogens is 1. The summed E-state index contributed by atoms with van der Waals surface area (Å²) in [6.45, 7) is 2.57. The molecule has 0 radical (unpaired) electrons. The van der Waals surface area contributed by atoms with Crippen LogP contribution in [0.4, 0.5) is 0 Å². The Morgan fingerprint density at radius 3 is 2.76 bits per heavy atom. The van der Waals surface area contributed by atoms with Crippen molar-refractivity contribution in [3.8, 4) is 12.5 Å². The Labute approximate surface area is 115 Å². The number of terminal acetylenes is 1. The van der Waals surface area contributed by atoms with E-state index in [9.17, 15) is 4.79 Å². The van der Waals surface area contributed by atoms with Crippen molar-refractivity contribution in [1.82, 2.24) is 5.32 Å². The number of benzene rings is 1. The highest BCUT2D eigenvalue weighted by Crippen LogP contribution is 2.32. The minimum absolute atomic E-state index is 0.261. The van der Waals surface area contributed by atoms with E-state index in [1.165, 1.54) is 0 Å². The summed E-state index contributed by atoms with van der Waals surface area (Å²) in [5.74, 6) is -0.261. The molecule has 1 aromatic rings. The SMILES string of the molecule is C#CNCCOC(=O)C(C)(I)c1ccccc1. The third kappa shape index (κ3) is 3.93. The molecule has 0 amide bonds. The van der Waals surface area contributed by atoms with Gasteiger partial charge in [0.2, 0.25) is 0 Å². The number of hydrogen-bond donors (Lipinski definition) is 1. The Hall–Kier alpha value is -1.22. The first-order chi connectivity index (χ1) is 8.09. The maximum absolute atomic E-state index is 11.9. The normalized spacial score (nSPS) is 13.2. The largest absolute Gasteiger partial charge is 0.463 e. The van der Waals surface area contributed by atoms with Crippen LogP contribution in [0.15, 0.2) is 30.3 Å². The third-order valence-electron chi connectivity index (χ3n) is 2.26. The van der Waals surface area contributed by atoms with Crippen LogP contribution in [0, 0.1) is 12.5 Å². The highest BCUT2D eigenvalue weighted by Gasteiger charge is 2.33. The lowest BCUT2D eigenvalue weighted by atomic mass is 10.0. The molecule has 0 aromatic heterocycles. The second-order valence-corrected chi connectivity index (χ2v) is 5.73. The molecule has 1 N–H and O–H groups in total. The van der Waals surface area contributed by atoms with Crippen LogP contribution < -0.4 is 5.32 Å². The molecule has 1 unspecified atom stereocenters. The average Bonchev–Trinajstić information content (AvgIpc) is 2.35. The molecule has 4 heteroatoms. The van der Waals surface area contributed by atoms with Crippen LogP contribution in [0.1, 0.15) is 12.5 Å². The lowest BCUT2D eigenvalue weighted by molar-refractivity contribution is -0.145. The number of ether oxygens (including phenoxy) is 1. The fourth-order valence-electron chi connectivity index (χ4n) is 1.27. The van der Waals surface area contributed by atoms with E-state index in [1.807, 2.05) is 37.3 Å². The summed E-state index contributed by atoms with van der Waals surface area (Å²) in [5.41, 5.74) is 0.926. The standard InChI is InChI=1S/C13H14INO2/c1-3-15-9-10-17-12(16)13(2,14)11-7-5-4-6-8-11/h1,4-8,15H,9-10H2,2H3. The van der Waals surface area contributed by atoms with E-state index in [4.69, 9.17) is 11.2 Å². The first-order valence-corrected chi connectivity index (χ1v) is 6.27. The molecule has 0 fully saturated rings. The van der Waals surface area contributed by atoms with E-state index in [1.54, 1.807) is 0 Å². The van der Waals surface area contributed by atoms with Crippen LogP contribution in [0.5, 0.6) is 0 Å². The molecule has 0 saturated carbocycles. The number of hydrogen-bond acceptors (Lipinski definition) is 3. The summed E-state index contributed by atoms with van der Waals surface area (Å²) in [6.07, 6.45) is 5.02. The molecule has 1 aromatic carbocycles. The molecular formula is C13H14INO2. The summed E-state index contributed by atoms with van der Waals surface area (Å²) in [7, 11) is 0. The molecule has 0 heterocycles. The molecule has 3 nitrogen and oxygen atoms in total. The predicted molar refractivity (Wildman–Crippen MR) is 75.6 cm³/mol. The van der Waals surface area contributed by atoms with Crippen LogP contribution in [0.3, 0.4) is 0 Å². The zero-order valence-corrected chi connectivity index (χ0v) is 11.7. The predicted octanol–water partition coefficient (Wildman–Crippen LogP) is 2.06. The molecule has 0 bridgehead atoms. The summed E-state index contributed by atoms with van der Waals surface area (Å²) in [4.78, 5) is 11.9. The zero-order valence-electron chi connectivity index (χ0n) is 9.57. The highest BCUT2D eigenvalue weighted by molar-refractivity contribution is 14.1. The lowest BCUT2D eigenvalue weighted by Crippen LogP contribution is -2.29. The van der Waals surface area contributed by atoms with Gasteiger partial charge in [0.15, 0.2) is 0 Å². The van der Waals surface area contributed by atoms with Crippen molar-refractivity contribution < 1.29 is 9.53 Å². The van der Waals surface area contributed by atoms with Crippen LogP contribution >= 0.6 is 22.6 Å². The van der Waals surface area contributed by atoms with Gasteiger partial charge in [-0.2, -0.15) is 0 Å². The molecule has 1 rings (SSSR count). The summed E-state index contributed by atoms with van der Waals surface area (Å²) in [5, 5.41) is 2.64. The van der Waals surface area contributed by atoms with Gasteiger partial charge in [-0.15, -0.1) is 0 Å². The third-order valence-corrected chi connectivity index (χ3v) is 3.32. The second-order valence-electron chi connectivity index (χ2n) is 3.58.